The smallest absolute Gasteiger partial charge is 0.345 e. The predicted octanol–water partition coefficient (Wildman–Crippen LogP) is 4.45. The Kier molecular flexibility index (Phi) is 26.3. The Morgan fingerprint density at radius 1 is 0.671 bits per heavy atom. The van der Waals surface area contributed by atoms with Crippen LogP contribution in [0, 0.1) is 13.8 Å². The highest BCUT2D eigenvalue weighted by Gasteiger charge is 2.29. The minimum absolute atomic E-state index is 0.0121. The molecule has 70 heavy (non-hydrogen) atoms. The third-order valence-electron chi connectivity index (χ3n) is 10.5. The summed E-state index contributed by atoms with van der Waals surface area (Å²) in [7, 11) is -1.39. The molecule has 390 valence electrons. The second-order valence-corrected chi connectivity index (χ2v) is 17.9. The topological polar surface area (TPSA) is 235 Å². The summed E-state index contributed by atoms with van der Waals surface area (Å²) in [6, 6.07) is 13.8. The van der Waals surface area contributed by atoms with E-state index in [1.165, 1.54) is 0 Å². The maximum Gasteiger partial charge on any atom is 0.345 e. The van der Waals surface area contributed by atoms with Gasteiger partial charge in [0.1, 0.15) is 29.5 Å². The van der Waals surface area contributed by atoms with Gasteiger partial charge in [-0.2, -0.15) is 4.57 Å². The number of aryl methyl sites for hydroxylation is 3. The average Bonchev–Trinajstić information content (AvgIpc) is 3.32. The molecule has 0 aliphatic rings. The van der Waals surface area contributed by atoms with Crippen molar-refractivity contribution < 1.29 is 79.2 Å². The molecule has 0 spiro atoms. The number of carbonyl (C=O) groups is 2. The lowest BCUT2D eigenvalue weighted by Crippen LogP contribution is -2.37. The lowest BCUT2D eigenvalue weighted by molar-refractivity contribution is -0.645. The van der Waals surface area contributed by atoms with E-state index < -0.39 is 34.0 Å². The van der Waals surface area contributed by atoms with E-state index in [4.69, 9.17) is 57.8 Å². The number of fused-ring (bicyclic) bond motifs is 2. The molecule has 0 atom stereocenters. The molecule has 1 aromatic heterocycles. The molecular weight excluding hydrogens is 931 g/mol. The lowest BCUT2D eigenvalue weighted by atomic mass is 10.0. The van der Waals surface area contributed by atoms with Crippen molar-refractivity contribution in [1.29, 1.82) is 0 Å². The van der Waals surface area contributed by atoms with Crippen LogP contribution in [0.15, 0.2) is 48.5 Å². The van der Waals surface area contributed by atoms with Gasteiger partial charge in [0.25, 0.3) is 5.91 Å². The third kappa shape index (κ3) is 19.6. The van der Waals surface area contributed by atoms with Crippen molar-refractivity contribution in [3.63, 3.8) is 0 Å². The van der Waals surface area contributed by atoms with Crippen molar-refractivity contribution in [2.75, 3.05) is 126 Å². The molecule has 0 bridgehead atoms. The van der Waals surface area contributed by atoms with E-state index in [-0.39, 0.29) is 69.8 Å². The zero-order valence-electron chi connectivity index (χ0n) is 41.6. The normalized spacial score (nSPS) is 11.9. The van der Waals surface area contributed by atoms with Crippen molar-refractivity contribution >= 4 is 43.8 Å². The quantitative estimate of drug-likeness (QED) is 0.0159. The fourth-order valence-electron chi connectivity index (χ4n) is 7.36. The monoisotopic (exact) mass is 1000 g/mol. The number of rotatable bonds is 37. The molecule has 20 heteroatoms. The number of pyridine rings is 1. The molecule has 0 unspecified atom stereocenters. The van der Waals surface area contributed by atoms with Crippen LogP contribution in [-0.4, -0.2) is 163 Å². The van der Waals surface area contributed by atoms with Crippen LogP contribution in [0.3, 0.4) is 0 Å². The Bertz CT molecular complexity index is 2290. The van der Waals surface area contributed by atoms with E-state index in [1.807, 2.05) is 18.4 Å². The first kappa shape index (κ1) is 58.0. The summed E-state index contributed by atoms with van der Waals surface area (Å²) in [5.41, 5.74) is 8.09. The van der Waals surface area contributed by atoms with Gasteiger partial charge in [-0.25, -0.2) is 13.2 Å². The van der Waals surface area contributed by atoms with Gasteiger partial charge >= 0.3 is 5.97 Å². The number of esters is 1. The summed E-state index contributed by atoms with van der Waals surface area (Å²) < 4.78 is 101. The first-order valence-corrected chi connectivity index (χ1v) is 25.4. The van der Waals surface area contributed by atoms with Crippen LogP contribution in [-0.2, 0) is 54.6 Å². The molecule has 0 radical (unpaired) electrons. The van der Waals surface area contributed by atoms with Gasteiger partial charge in [0.2, 0.25) is 11.0 Å². The molecule has 1 heterocycles. The van der Waals surface area contributed by atoms with E-state index in [1.54, 1.807) is 76.6 Å². The number of aromatic nitrogens is 1. The van der Waals surface area contributed by atoms with Gasteiger partial charge in [0.05, 0.1) is 106 Å². The minimum Gasteiger partial charge on any atom is -0.748 e. The number of nitrogens with one attached hydrogen (secondary N) is 1. The van der Waals surface area contributed by atoms with E-state index in [9.17, 15) is 17.8 Å². The van der Waals surface area contributed by atoms with Gasteiger partial charge in [0, 0.05) is 70.4 Å². The fraction of sp³-hybridized carbons (Fsp3) is 0.580. The molecule has 4 rings (SSSR count). The number of carbonyl (C=O) groups excluding carboxylic acids is 2. The third-order valence-corrected chi connectivity index (χ3v) is 11.3. The highest BCUT2D eigenvalue weighted by Crippen LogP contribution is 2.34. The number of nitrogens with zero attached hydrogens (tertiary/aromatic N) is 1. The molecule has 19 nitrogen and oxygen atoms in total. The number of amides is 1. The van der Waals surface area contributed by atoms with Crippen LogP contribution < -0.4 is 29.8 Å². The zero-order valence-corrected chi connectivity index (χ0v) is 42.4. The van der Waals surface area contributed by atoms with Crippen molar-refractivity contribution in [2.45, 2.75) is 65.7 Å². The van der Waals surface area contributed by atoms with E-state index in [2.05, 4.69) is 5.32 Å². The number of methoxy groups -OCH3 is 2. The molecule has 1 amide bonds. The zero-order chi connectivity index (χ0) is 50.7. The van der Waals surface area contributed by atoms with Crippen molar-refractivity contribution in [2.24, 2.45) is 5.73 Å². The maximum atomic E-state index is 15.1. The Hall–Kier alpha value is -4.58. The maximum absolute atomic E-state index is 15.1. The SMILES string of the molecule is CCCOCC(COCCC)Oc1ccc2c(c1)c(C(=O)Oc1c(C)cc(C(=O)NCCOCCOCCN)cc1C)c1cc(OC(COCCOC)COCCOC)ccc1[n+]2CCCS(=O)(=O)[O-]. The molecular formula is C50H73N3O16S. The number of nitrogens with two attached hydrogens (primary N) is 1. The molecule has 0 aliphatic carbocycles. The number of benzene rings is 3. The van der Waals surface area contributed by atoms with Crippen LogP contribution in [0.2, 0.25) is 0 Å². The first-order valence-electron chi connectivity index (χ1n) is 23.8. The standard InChI is InChI=1S/C50H73N3O16S/c1-7-17-63-32-41(33-64-18-8-2)67-39-10-12-45-43(30-39)47(50(55)69-48-36(3)28-38(29-37(48)4)49(54)52-15-20-62-26-25-61-19-14-51)44-31-40(11-13-46(44)53(45)16-9-27-70(56,57)58)68-42(34-65-23-21-59-5)35-66-24-22-60-6/h10-13,28-31,41-42H,7-9,14-27,32-35,51H2,1-6H3,(H-,52,54,56,57,58). The molecule has 0 saturated carbocycles. The van der Waals surface area contributed by atoms with Crippen LogP contribution in [0.5, 0.6) is 17.2 Å². The molecule has 0 saturated heterocycles. The second-order valence-electron chi connectivity index (χ2n) is 16.4. The van der Waals surface area contributed by atoms with Crippen LogP contribution in [0.25, 0.3) is 21.8 Å². The molecule has 0 fully saturated rings. The second kappa shape index (κ2) is 31.7. The highest BCUT2D eigenvalue weighted by atomic mass is 32.2. The van der Waals surface area contributed by atoms with E-state index in [0.717, 1.165) is 12.8 Å². The fourth-order valence-corrected chi connectivity index (χ4v) is 7.85. The van der Waals surface area contributed by atoms with E-state index in [0.29, 0.717) is 116 Å². The molecule has 4 aromatic rings. The summed E-state index contributed by atoms with van der Waals surface area (Å²) in [4.78, 5) is 28.3. The van der Waals surface area contributed by atoms with Crippen molar-refractivity contribution in [3.8, 4) is 17.2 Å². The minimum atomic E-state index is -4.55. The summed E-state index contributed by atoms with van der Waals surface area (Å²) in [5, 5.41) is 3.65. The lowest BCUT2D eigenvalue weighted by Gasteiger charge is -2.21. The van der Waals surface area contributed by atoms with Gasteiger partial charge in [0.15, 0.2) is 6.54 Å². The summed E-state index contributed by atoms with van der Waals surface area (Å²) in [6.45, 7) is 13.1. The molecule has 3 aromatic carbocycles. The molecule has 0 aliphatic heterocycles. The van der Waals surface area contributed by atoms with Gasteiger partial charge in [-0.3, -0.25) is 4.79 Å². The van der Waals surface area contributed by atoms with Gasteiger partial charge < -0.3 is 67.7 Å². The van der Waals surface area contributed by atoms with Crippen molar-refractivity contribution in [3.05, 3.63) is 70.8 Å². The Labute approximate surface area is 412 Å². The van der Waals surface area contributed by atoms with Gasteiger partial charge in [-0.05, 0) is 74.2 Å². The first-order chi connectivity index (χ1) is 33.8. The Balaban J connectivity index is 1.84. The Morgan fingerprint density at radius 2 is 1.16 bits per heavy atom. The Morgan fingerprint density at radius 3 is 1.63 bits per heavy atom. The van der Waals surface area contributed by atoms with Crippen LogP contribution in [0.4, 0.5) is 0 Å². The average molecular weight is 1000 g/mol. The largest absolute Gasteiger partial charge is 0.748 e. The summed E-state index contributed by atoms with van der Waals surface area (Å²) in [5.74, 6) is -0.638. The van der Waals surface area contributed by atoms with Crippen LogP contribution >= 0.6 is 0 Å². The van der Waals surface area contributed by atoms with E-state index >= 15 is 4.79 Å². The highest BCUT2D eigenvalue weighted by molar-refractivity contribution is 7.85. The summed E-state index contributed by atoms with van der Waals surface area (Å²) in [6.07, 6.45) is 0.533. The number of hydrogen-bond acceptors (Lipinski definition) is 17. The van der Waals surface area contributed by atoms with Gasteiger partial charge in [-0.1, -0.05) is 13.8 Å². The summed E-state index contributed by atoms with van der Waals surface area (Å²) >= 11 is 0. The molecule has 3 N–H and O–H groups in total. The van der Waals surface area contributed by atoms with Crippen LogP contribution in [0.1, 0.15) is 65.0 Å². The number of hydrogen-bond donors (Lipinski definition) is 2. The van der Waals surface area contributed by atoms with Gasteiger partial charge in [-0.15, -0.1) is 0 Å². The van der Waals surface area contributed by atoms with Crippen molar-refractivity contribution in [1.82, 2.24) is 5.32 Å². The predicted molar refractivity (Wildman–Crippen MR) is 261 cm³/mol. The number of ether oxygens (including phenoxy) is 11.